The molecule has 0 amide bonds. The molecule has 0 saturated carbocycles. The number of aryl methyl sites for hydroxylation is 1. The highest BCUT2D eigenvalue weighted by atomic mass is 15.2. The van der Waals surface area contributed by atoms with Gasteiger partial charge in [-0.2, -0.15) is 0 Å². The van der Waals surface area contributed by atoms with Gasteiger partial charge >= 0.3 is 0 Å². The van der Waals surface area contributed by atoms with E-state index in [2.05, 4.69) is 52.2 Å². The third-order valence-electron chi connectivity index (χ3n) is 3.89. The summed E-state index contributed by atoms with van der Waals surface area (Å²) in [7, 11) is 6.22. The number of nitrogens with zero attached hydrogens (tertiary/aromatic N) is 4. The molecule has 1 fully saturated rings. The van der Waals surface area contributed by atoms with Crippen LogP contribution in [0.1, 0.15) is 25.6 Å². The smallest absolute Gasteiger partial charge is 0.134 e. The lowest BCUT2D eigenvalue weighted by Crippen LogP contribution is -2.37. The van der Waals surface area contributed by atoms with Crippen molar-refractivity contribution in [3.63, 3.8) is 0 Å². The van der Waals surface area contributed by atoms with Crippen LogP contribution in [0.5, 0.6) is 0 Å². The van der Waals surface area contributed by atoms with Gasteiger partial charge in [-0.25, -0.2) is 9.97 Å². The molecule has 1 N–H and O–H groups in total. The summed E-state index contributed by atoms with van der Waals surface area (Å²) in [6.45, 7) is 5.49. The highest BCUT2D eigenvalue weighted by Crippen LogP contribution is 2.23. The van der Waals surface area contributed by atoms with Gasteiger partial charge in [0.2, 0.25) is 0 Å². The Balaban J connectivity index is 2.02. The van der Waals surface area contributed by atoms with E-state index in [0.29, 0.717) is 0 Å². The zero-order valence-electron chi connectivity index (χ0n) is 13.2. The Morgan fingerprint density at radius 1 is 1.30 bits per heavy atom. The molecule has 1 aliphatic rings. The highest BCUT2D eigenvalue weighted by Gasteiger charge is 2.21. The van der Waals surface area contributed by atoms with Crippen LogP contribution in [-0.2, 0) is 6.42 Å². The van der Waals surface area contributed by atoms with Crippen molar-refractivity contribution in [3.8, 4) is 0 Å². The molecule has 0 radical (unpaired) electrons. The minimum Gasteiger partial charge on any atom is -0.373 e. The van der Waals surface area contributed by atoms with E-state index in [1.54, 1.807) is 0 Å². The number of piperidine rings is 1. The van der Waals surface area contributed by atoms with Crippen molar-refractivity contribution in [1.82, 2.24) is 14.9 Å². The quantitative estimate of drug-likeness (QED) is 0.890. The lowest BCUT2D eigenvalue weighted by molar-refractivity contribution is 0.284. The van der Waals surface area contributed by atoms with Gasteiger partial charge in [0.05, 0.1) is 0 Å². The topological polar surface area (TPSA) is 44.3 Å². The van der Waals surface area contributed by atoms with Crippen LogP contribution in [0.15, 0.2) is 6.07 Å². The van der Waals surface area contributed by atoms with E-state index in [9.17, 15) is 0 Å². The van der Waals surface area contributed by atoms with Gasteiger partial charge in [0.1, 0.15) is 17.5 Å². The van der Waals surface area contributed by atoms with E-state index in [1.165, 1.54) is 19.4 Å². The summed E-state index contributed by atoms with van der Waals surface area (Å²) in [6.07, 6.45) is 3.37. The van der Waals surface area contributed by atoms with E-state index < -0.39 is 0 Å². The van der Waals surface area contributed by atoms with Gasteiger partial charge in [-0.3, -0.25) is 0 Å². The van der Waals surface area contributed by atoms with Gasteiger partial charge in [-0.1, -0.05) is 6.92 Å². The lowest BCUT2D eigenvalue weighted by atomic mass is 9.96. The van der Waals surface area contributed by atoms with Crippen LogP contribution in [0.3, 0.4) is 0 Å². The molecular formula is C15H27N5. The first-order valence-electron chi connectivity index (χ1n) is 7.57. The first-order chi connectivity index (χ1) is 9.62. The molecule has 0 spiro atoms. The molecule has 112 valence electrons. The van der Waals surface area contributed by atoms with Crippen LogP contribution in [0.4, 0.5) is 11.6 Å². The fraction of sp³-hybridized carbons (Fsp3) is 0.733. The van der Waals surface area contributed by atoms with Crippen LogP contribution in [0.25, 0.3) is 0 Å². The average Bonchev–Trinajstić information content (AvgIpc) is 2.46. The van der Waals surface area contributed by atoms with Crippen molar-refractivity contribution in [3.05, 3.63) is 11.9 Å². The second-order valence-corrected chi connectivity index (χ2v) is 5.82. The molecule has 1 aliphatic heterocycles. The second-order valence-electron chi connectivity index (χ2n) is 5.82. The van der Waals surface area contributed by atoms with Gasteiger partial charge in [-0.15, -0.1) is 0 Å². The number of hydrogen-bond donors (Lipinski definition) is 1. The first-order valence-corrected chi connectivity index (χ1v) is 7.57. The van der Waals surface area contributed by atoms with Crippen molar-refractivity contribution in [1.29, 1.82) is 0 Å². The summed E-state index contributed by atoms with van der Waals surface area (Å²) < 4.78 is 0. The molecule has 1 saturated heterocycles. The summed E-state index contributed by atoms with van der Waals surface area (Å²) in [6, 6.07) is 2.06. The molecule has 1 aromatic rings. The monoisotopic (exact) mass is 277 g/mol. The van der Waals surface area contributed by atoms with E-state index >= 15 is 0 Å². The Hall–Kier alpha value is -1.36. The van der Waals surface area contributed by atoms with E-state index in [0.717, 1.165) is 42.9 Å². The van der Waals surface area contributed by atoms with Gasteiger partial charge in [0, 0.05) is 39.2 Å². The van der Waals surface area contributed by atoms with Crippen LogP contribution < -0.4 is 10.2 Å². The zero-order chi connectivity index (χ0) is 14.5. The van der Waals surface area contributed by atoms with Crippen molar-refractivity contribution in [2.75, 3.05) is 51.0 Å². The lowest BCUT2D eigenvalue weighted by Gasteiger charge is -2.34. The normalized spacial score (nSPS) is 16.8. The third-order valence-corrected chi connectivity index (χ3v) is 3.89. The van der Waals surface area contributed by atoms with Gasteiger partial charge in [0.15, 0.2) is 0 Å². The predicted octanol–water partition coefficient (Wildman–Crippen LogP) is 1.86. The van der Waals surface area contributed by atoms with Crippen LogP contribution in [-0.4, -0.2) is 55.6 Å². The summed E-state index contributed by atoms with van der Waals surface area (Å²) in [4.78, 5) is 13.8. The summed E-state index contributed by atoms with van der Waals surface area (Å²) >= 11 is 0. The Bertz CT molecular complexity index is 402. The number of aromatic nitrogens is 2. The predicted molar refractivity (Wildman–Crippen MR) is 84.4 cm³/mol. The van der Waals surface area contributed by atoms with Crippen LogP contribution in [0.2, 0.25) is 0 Å². The fourth-order valence-corrected chi connectivity index (χ4v) is 2.79. The van der Waals surface area contributed by atoms with Gasteiger partial charge < -0.3 is 15.1 Å². The SMILES string of the molecule is CCc1nc(NC)cc(N2CCC(CN(C)C)CC2)n1. The Morgan fingerprint density at radius 3 is 2.55 bits per heavy atom. The summed E-state index contributed by atoms with van der Waals surface area (Å²) in [5.41, 5.74) is 0. The Kier molecular flexibility index (Phi) is 5.17. The molecule has 20 heavy (non-hydrogen) atoms. The molecule has 5 nitrogen and oxygen atoms in total. The molecule has 0 atom stereocenters. The van der Waals surface area contributed by atoms with Crippen molar-refractivity contribution in [2.24, 2.45) is 5.92 Å². The molecule has 1 aromatic heterocycles. The minimum absolute atomic E-state index is 0.817. The van der Waals surface area contributed by atoms with E-state index in [4.69, 9.17) is 0 Å². The maximum atomic E-state index is 4.67. The highest BCUT2D eigenvalue weighted by molar-refractivity contribution is 5.49. The Labute approximate surface area is 122 Å². The van der Waals surface area contributed by atoms with Crippen molar-refractivity contribution < 1.29 is 0 Å². The van der Waals surface area contributed by atoms with Gasteiger partial charge in [0.25, 0.3) is 0 Å². The second kappa shape index (κ2) is 6.88. The number of anilines is 2. The molecule has 2 rings (SSSR count). The van der Waals surface area contributed by atoms with Crippen LogP contribution in [0, 0.1) is 5.92 Å². The number of rotatable bonds is 5. The molecule has 5 heteroatoms. The minimum atomic E-state index is 0.817. The van der Waals surface area contributed by atoms with Gasteiger partial charge in [-0.05, 0) is 32.9 Å². The first kappa shape index (κ1) is 15.0. The number of hydrogen-bond acceptors (Lipinski definition) is 5. The average molecular weight is 277 g/mol. The number of nitrogens with one attached hydrogen (secondary N) is 1. The third kappa shape index (κ3) is 3.82. The largest absolute Gasteiger partial charge is 0.373 e. The van der Waals surface area contributed by atoms with Crippen molar-refractivity contribution in [2.45, 2.75) is 26.2 Å². The molecular weight excluding hydrogens is 250 g/mol. The maximum absolute atomic E-state index is 4.67. The fourth-order valence-electron chi connectivity index (χ4n) is 2.79. The Morgan fingerprint density at radius 2 is 2.00 bits per heavy atom. The van der Waals surface area contributed by atoms with E-state index in [1.807, 2.05) is 7.05 Å². The molecule has 0 unspecified atom stereocenters. The summed E-state index contributed by atoms with van der Waals surface area (Å²) in [5, 5.41) is 3.13. The summed E-state index contributed by atoms with van der Waals surface area (Å²) in [5.74, 6) is 3.73. The maximum Gasteiger partial charge on any atom is 0.134 e. The molecule has 2 heterocycles. The zero-order valence-corrected chi connectivity index (χ0v) is 13.2. The van der Waals surface area contributed by atoms with Crippen molar-refractivity contribution >= 4 is 11.6 Å². The molecule has 0 bridgehead atoms. The standard InChI is InChI=1S/C15H27N5/c1-5-13-17-14(16-2)10-15(18-13)20-8-6-12(7-9-20)11-19(3)4/h10,12H,5-9,11H2,1-4H3,(H,16,17,18). The van der Waals surface area contributed by atoms with Crippen LogP contribution >= 0.6 is 0 Å². The molecule has 0 aromatic carbocycles. The molecule has 0 aliphatic carbocycles. The van der Waals surface area contributed by atoms with E-state index in [-0.39, 0.29) is 0 Å².